The zero-order valence-corrected chi connectivity index (χ0v) is 14.2. The van der Waals surface area contributed by atoms with Gasteiger partial charge in [-0.25, -0.2) is 4.98 Å². The lowest BCUT2D eigenvalue weighted by molar-refractivity contribution is -0.144. The van der Waals surface area contributed by atoms with Crippen LogP contribution in [0.5, 0.6) is 0 Å². The number of nitrogens with one attached hydrogen (secondary N) is 1. The number of imidazole rings is 1. The van der Waals surface area contributed by atoms with Gasteiger partial charge in [0.25, 0.3) is 0 Å². The molecule has 134 valence electrons. The van der Waals surface area contributed by atoms with Crippen LogP contribution in [0.25, 0.3) is 11.0 Å². The molecule has 1 heterocycles. The Morgan fingerprint density at radius 2 is 1.92 bits per heavy atom. The highest BCUT2D eigenvalue weighted by Gasteiger charge is 2.34. The van der Waals surface area contributed by atoms with Crippen LogP contribution in [-0.4, -0.2) is 21.4 Å². The third-order valence-electron chi connectivity index (χ3n) is 3.40. The molecule has 0 unspecified atom stereocenters. The van der Waals surface area contributed by atoms with Gasteiger partial charge < -0.3 is 10.7 Å². The highest BCUT2D eigenvalue weighted by Crippen LogP contribution is 2.29. The number of hydrogen-bond acceptors (Lipinski definition) is 4. The first kappa shape index (κ1) is 18.0. The van der Waals surface area contributed by atoms with Crippen LogP contribution in [0.15, 0.2) is 58.7 Å². The van der Waals surface area contributed by atoms with Crippen molar-refractivity contribution < 1.29 is 13.2 Å². The Labute approximate surface area is 151 Å². The van der Waals surface area contributed by atoms with Gasteiger partial charge in [-0.2, -0.15) is 18.3 Å². The summed E-state index contributed by atoms with van der Waals surface area (Å²) < 4.78 is 38.3. The Kier molecular flexibility index (Phi) is 5.27. The predicted molar refractivity (Wildman–Crippen MR) is 98.0 cm³/mol. The third-order valence-corrected chi connectivity index (χ3v) is 4.25. The summed E-state index contributed by atoms with van der Waals surface area (Å²) in [6, 6.07) is 14.5. The van der Waals surface area contributed by atoms with Crippen LogP contribution in [0.1, 0.15) is 17.0 Å². The number of thioether (sulfide) groups is 1. The van der Waals surface area contributed by atoms with E-state index in [1.165, 1.54) is 24.0 Å². The molecule has 5 nitrogen and oxygen atoms in total. The number of H-pyrrole nitrogens is 1. The Morgan fingerprint density at radius 3 is 2.65 bits per heavy atom. The van der Waals surface area contributed by atoms with E-state index in [1.807, 2.05) is 30.3 Å². The average molecular weight is 377 g/mol. The second-order valence-corrected chi connectivity index (χ2v) is 6.28. The first-order valence-corrected chi connectivity index (χ1v) is 8.51. The fourth-order valence-electron chi connectivity index (χ4n) is 2.20. The van der Waals surface area contributed by atoms with Crippen LogP contribution in [0.4, 0.5) is 13.2 Å². The van der Waals surface area contributed by atoms with Gasteiger partial charge in [-0.1, -0.05) is 54.2 Å². The summed E-state index contributed by atoms with van der Waals surface area (Å²) in [7, 11) is 0. The molecule has 2 aromatic carbocycles. The minimum absolute atomic E-state index is 0.175. The number of amidine groups is 1. The van der Waals surface area contributed by atoms with Crippen LogP contribution < -0.4 is 5.73 Å². The Morgan fingerprint density at radius 1 is 1.15 bits per heavy atom. The number of hydrogen-bond donors (Lipinski definition) is 2. The molecule has 0 saturated heterocycles. The number of alkyl halides is 3. The molecule has 26 heavy (non-hydrogen) atoms. The van der Waals surface area contributed by atoms with Crippen LogP contribution in [0.3, 0.4) is 0 Å². The van der Waals surface area contributed by atoms with Crippen molar-refractivity contribution in [3.8, 4) is 0 Å². The van der Waals surface area contributed by atoms with E-state index in [1.54, 1.807) is 12.1 Å². The molecule has 0 radical (unpaired) electrons. The number of fused-ring (bicyclic) bond motifs is 1. The van der Waals surface area contributed by atoms with Gasteiger partial charge >= 0.3 is 6.18 Å². The van der Waals surface area contributed by atoms with E-state index >= 15 is 0 Å². The smallest absolute Gasteiger partial charge is 0.377 e. The molecule has 0 spiro atoms. The molecule has 0 amide bonds. The van der Waals surface area contributed by atoms with Gasteiger partial charge in [-0.3, -0.25) is 0 Å². The maximum atomic E-state index is 12.8. The molecule has 0 aliphatic rings. The SMILES string of the molecule is NC(=NN=Cc1cccc2[nH]c(C(F)(F)F)nc12)SCc1ccccc1. The third kappa shape index (κ3) is 4.42. The molecule has 1 aromatic heterocycles. The summed E-state index contributed by atoms with van der Waals surface area (Å²) in [6.45, 7) is 0. The minimum atomic E-state index is -4.54. The number of nitrogens with zero attached hydrogens (tertiary/aromatic N) is 3. The summed E-state index contributed by atoms with van der Waals surface area (Å²) >= 11 is 1.32. The van der Waals surface area contributed by atoms with Crippen LogP contribution in [-0.2, 0) is 11.9 Å². The van der Waals surface area contributed by atoms with Gasteiger partial charge in [0.1, 0.15) is 0 Å². The molecule has 0 fully saturated rings. The zero-order valence-electron chi connectivity index (χ0n) is 13.4. The summed E-state index contributed by atoms with van der Waals surface area (Å²) in [6.07, 6.45) is -3.21. The van der Waals surface area contributed by atoms with Gasteiger partial charge in [0.15, 0.2) is 5.17 Å². The standard InChI is InChI=1S/C17H14F3N5S/c18-17(19,20)15-23-13-8-4-7-12(14(13)24-15)9-22-25-16(21)26-10-11-5-2-1-3-6-11/h1-9H,10H2,(H2,21,25)(H,23,24). The van der Waals surface area contributed by atoms with Crippen LogP contribution in [0, 0.1) is 0 Å². The van der Waals surface area contributed by atoms with Crippen molar-refractivity contribution in [1.29, 1.82) is 0 Å². The summed E-state index contributed by atoms with van der Waals surface area (Å²) in [5.74, 6) is -0.398. The van der Waals surface area contributed by atoms with E-state index in [-0.39, 0.29) is 16.2 Å². The molecule has 0 bridgehead atoms. The monoisotopic (exact) mass is 377 g/mol. The topological polar surface area (TPSA) is 79.4 Å². The van der Waals surface area contributed by atoms with E-state index in [9.17, 15) is 13.2 Å². The van der Waals surface area contributed by atoms with Crippen molar-refractivity contribution in [2.75, 3.05) is 0 Å². The van der Waals surface area contributed by atoms with E-state index in [0.29, 0.717) is 11.3 Å². The lowest BCUT2D eigenvalue weighted by Crippen LogP contribution is -2.07. The van der Waals surface area contributed by atoms with Crippen LogP contribution >= 0.6 is 11.8 Å². The minimum Gasteiger partial charge on any atom is -0.377 e. The number of nitrogens with two attached hydrogens (primary N) is 1. The van der Waals surface area contributed by atoms with Crippen molar-refractivity contribution in [2.45, 2.75) is 11.9 Å². The maximum Gasteiger partial charge on any atom is 0.449 e. The summed E-state index contributed by atoms with van der Waals surface area (Å²) in [5.41, 5.74) is 7.75. The first-order chi connectivity index (χ1) is 12.4. The number of halogens is 3. The quantitative estimate of drug-likeness (QED) is 0.407. The number of aromatic amines is 1. The lowest BCUT2D eigenvalue weighted by atomic mass is 10.2. The highest BCUT2D eigenvalue weighted by molar-refractivity contribution is 8.13. The largest absolute Gasteiger partial charge is 0.449 e. The molecule has 3 rings (SSSR count). The fourth-order valence-corrected chi connectivity index (χ4v) is 2.81. The lowest BCUT2D eigenvalue weighted by Gasteiger charge is -1.99. The molecule has 3 aromatic rings. The van der Waals surface area contributed by atoms with Crippen molar-refractivity contribution in [3.63, 3.8) is 0 Å². The van der Waals surface area contributed by atoms with Crippen LogP contribution in [0.2, 0.25) is 0 Å². The molecular formula is C17H14F3N5S. The fraction of sp³-hybridized carbons (Fsp3) is 0.118. The normalized spacial score (nSPS) is 13.0. The van der Waals surface area contributed by atoms with Gasteiger partial charge in [0.05, 0.1) is 17.2 Å². The number of benzene rings is 2. The number of para-hydroxylation sites is 1. The Balaban J connectivity index is 1.72. The second kappa shape index (κ2) is 7.61. The van der Waals surface area contributed by atoms with E-state index in [0.717, 1.165) is 5.56 Å². The van der Waals surface area contributed by atoms with E-state index < -0.39 is 12.0 Å². The maximum absolute atomic E-state index is 12.8. The van der Waals surface area contributed by atoms with Gasteiger partial charge in [-0.15, -0.1) is 5.10 Å². The van der Waals surface area contributed by atoms with Crippen molar-refractivity contribution in [1.82, 2.24) is 9.97 Å². The molecular weight excluding hydrogens is 363 g/mol. The van der Waals surface area contributed by atoms with Gasteiger partial charge in [-0.05, 0) is 11.6 Å². The molecule has 9 heteroatoms. The Hall–Kier alpha value is -2.81. The number of rotatable bonds is 4. The van der Waals surface area contributed by atoms with Crippen molar-refractivity contribution in [3.05, 3.63) is 65.5 Å². The molecule has 0 aliphatic heterocycles. The first-order valence-electron chi connectivity index (χ1n) is 7.52. The molecule has 0 aliphatic carbocycles. The molecule has 0 atom stereocenters. The summed E-state index contributed by atoms with van der Waals surface area (Å²) in [5, 5.41) is 7.98. The van der Waals surface area contributed by atoms with Crippen molar-refractivity contribution >= 4 is 34.2 Å². The van der Waals surface area contributed by atoms with Crippen molar-refractivity contribution in [2.24, 2.45) is 15.9 Å². The molecule has 3 N–H and O–H groups in total. The van der Waals surface area contributed by atoms with Gasteiger partial charge in [0, 0.05) is 11.3 Å². The second-order valence-electron chi connectivity index (χ2n) is 5.28. The van der Waals surface area contributed by atoms with Gasteiger partial charge in [0.2, 0.25) is 5.82 Å². The van der Waals surface area contributed by atoms with E-state index in [2.05, 4.69) is 20.2 Å². The Bertz CT molecular complexity index is 948. The average Bonchev–Trinajstić information content (AvgIpc) is 3.06. The zero-order chi connectivity index (χ0) is 18.6. The predicted octanol–water partition coefficient (Wildman–Crippen LogP) is 4.16. The number of aromatic nitrogens is 2. The molecule has 0 saturated carbocycles. The van der Waals surface area contributed by atoms with E-state index in [4.69, 9.17) is 5.73 Å². The summed E-state index contributed by atoms with van der Waals surface area (Å²) in [4.78, 5) is 5.85. The highest BCUT2D eigenvalue weighted by atomic mass is 32.2.